The van der Waals surface area contributed by atoms with E-state index >= 15 is 0 Å². The molecule has 2 atom stereocenters. The van der Waals surface area contributed by atoms with Crippen molar-refractivity contribution in [3.63, 3.8) is 0 Å². The first-order valence-corrected chi connectivity index (χ1v) is 14.0. The van der Waals surface area contributed by atoms with Crippen molar-refractivity contribution in [3.8, 4) is 0 Å². The van der Waals surface area contributed by atoms with Crippen LogP contribution >= 0.6 is 0 Å². The number of hydrogen-bond donors (Lipinski definition) is 0. The number of unbranched alkanes of at least 4 members (excludes halogenated alkanes) is 2. The van der Waals surface area contributed by atoms with Gasteiger partial charge in [-0.15, -0.1) is 0 Å². The number of hydrogen-bond acceptors (Lipinski definition) is 7. The predicted molar refractivity (Wildman–Crippen MR) is 148 cm³/mol. The van der Waals surface area contributed by atoms with Crippen LogP contribution in [0.15, 0.2) is 24.3 Å². The Kier molecular flexibility index (Phi) is 14.3. The second-order valence-corrected chi connectivity index (χ2v) is 11.1. The Bertz CT molecular complexity index is 898. The fourth-order valence-electron chi connectivity index (χ4n) is 4.51. The fraction of sp³-hybridized carbons (Fsp3) is 0.677. The van der Waals surface area contributed by atoms with E-state index in [-0.39, 0.29) is 30.2 Å². The van der Waals surface area contributed by atoms with Crippen molar-refractivity contribution in [2.75, 3.05) is 6.61 Å². The first-order valence-electron chi connectivity index (χ1n) is 14.0. The summed E-state index contributed by atoms with van der Waals surface area (Å²) in [5.41, 5.74) is -0.213. The Morgan fingerprint density at radius 1 is 0.842 bits per heavy atom. The van der Waals surface area contributed by atoms with Crippen LogP contribution in [0, 0.1) is 5.41 Å². The zero-order valence-corrected chi connectivity index (χ0v) is 24.5. The SMILES string of the molecule is CCCCCC(CCCC(CCc1ccc(CC(=O)OCC)cc1)(C(C)=O)C(=O)OC(C)(C)C)OC(C)=O. The topological polar surface area (TPSA) is 96.0 Å². The molecule has 0 bridgehead atoms. The third kappa shape index (κ3) is 12.2. The summed E-state index contributed by atoms with van der Waals surface area (Å²) in [6.07, 6.45) is 6.11. The van der Waals surface area contributed by atoms with Gasteiger partial charge in [-0.25, -0.2) is 0 Å². The number of rotatable bonds is 17. The summed E-state index contributed by atoms with van der Waals surface area (Å²) in [6.45, 7) is 12.5. The molecule has 1 aromatic carbocycles. The molecule has 0 amide bonds. The molecular formula is C31H48O7. The second-order valence-electron chi connectivity index (χ2n) is 11.1. The molecular weight excluding hydrogens is 484 g/mol. The van der Waals surface area contributed by atoms with Crippen LogP contribution in [0.5, 0.6) is 0 Å². The zero-order chi connectivity index (χ0) is 28.8. The number of esters is 3. The van der Waals surface area contributed by atoms with Crippen LogP contribution in [0.3, 0.4) is 0 Å². The van der Waals surface area contributed by atoms with Crippen molar-refractivity contribution in [1.82, 2.24) is 0 Å². The van der Waals surface area contributed by atoms with Crippen molar-refractivity contribution >= 4 is 23.7 Å². The van der Waals surface area contributed by atoms with Gasteiger partial charge in [0.25, 0.3) is 0 Å². The lowest BCUT2D eigenvalue weighted by Crippen LogP contribution is -2.43. The molecule has 2 unspecified atom stereocenters. The van der Waals surface area contributed by atoms with E-state index in [1.54, 1.807) is 27.7 Å². The standard InChI is InChI=1S/C31H48O7/c1-8-10-11-13-27(37-24(4)33)14-12-20-31(23(3)32,29(35)38-30(5,6)7)21-19-25-15-17-26(18-16-25)22-28(34)36-9-2/h15-18,27H,8-14,19-22H2,1-7H3. The Labute approximate surface area is 229 Å². The molecule has 0 radical (unpaired) electrons. The van der Waals surface area contributed by atoms with E-state index in [4.69, 9.17) is 14.2 Å². The monoisotopic (exact) mass is 532 g/mol. The minimum absolute atomic E-state index is 0.200. The summed E-state index contributed by atoms with van der Waals surface area (Å²) in [5.74, 6) is -1.32. The van der Waals surface area contributed by atoms with Gasteiger partial charge in [0.05, 0.1) is 13.0 Å². The van der Waals surface area contributed by atoms with E-state index in [0.29, 0.717) is 38.7 Å². The van der Waals surface area contributed by atoms with Gasteiger partial charge in [0, 0.05) is 6.92 Å². The molecule has 0 aromatic heterocycles. The van der Waals surface area contributed by atoms with Crippen molar-refractivity contribution in [1.29, 1.82) is 0 Å². The Morgan fingerprint density at radius 3 is 1.97 bits per heavy atom. The molecule has 0 heterocycles. The van der Waals surface area contributed by atoms with E-state index in [9.17, 15) is 19.2 Å². The molecule has 0 fully saturated rings. The molecule has 0 aliphatic carbocycles. The quantitative estimate of drug-likeness (QED) is 0.100. The Balaban J connectivity index is 3.04. The predicted octanol–water partition coefficient (Wildman–Crippen LogP) is 6.32. The van der Waals surface area contributed by atoms with Gasteiger partial charge in [0.2, 0.25) is 0 Å². The summed E-state index contributed by atoms with van der Waals surface area (Å²) in [5, 5.41) is 0. The number of carbonyl (C=O) groups excluding carboxylic acids is 4. The highest BCUT2D eigenvalue weighted by Crippen LogP contribution is 2.36. The Hall–Kier alpha value is -2.70. The number of ether oxygens (including phenoxy) is 3. The highest BCUT2D eigenvalue weighted by atomic mass is 16.6. The summed E-state index contributed by atoms with van der Waals surface area (Å²) < 4.78 is 16.3. The number of ketones is 1. The molecule has 0 aliphatic rings. The summed E-state index contributed by atoms with van der Waals surface area (Å²) in [6, 6.07) is 7.57. The lowest BCUT2D eigenvalue weighted by atomic mass is 9.74. The van der Waals surface area contributed by atoms with Gasteiger partial charge in [-0.2, -0.15) is 0 Å². The molecule has 7 nitrogen and oxygen atoms in total. The minimum atomic E-state index is -1.29. The molecule has 0 N–H and O–H groups in total. The highest BCUT2D eigenvalue weighted by Gasteiger charge is 2.45. The van der Waals surface area contributed by atoms with Gasteiger partial charge < -0.3 is 14.2 Å². The zero-order valence-electron chi connectivity index (χ0n) is 24.5. The molecule has 0 aliphatic heterocycles. The van der Waals surface area contributed by atoms with Gasteiger partial charge in [0.15, 0.2) is 0 Å². The van der Waals surface area contributed by atoms with Crippen LogP contribution < -0.4 is 0 Å². The number of aryl methyl sites for hydroxylation is 1. The third-order valence-electron chi connectivity index (χ3n) is 6.57. The van der Waals surface area contributed by atoms with Gasteiger partial charge in [-0.3, -0.25) is 19.2 Å². The van der Waals surface area contributed by atoms with Crippen LogP contribution in [0.1, 0.15) is 111 Å². The molecule has 0 saturated heterocycles. The second kappa shape index (κ2) is 16.3. The summed E-state index contributed by atoms with van der Waals surface area (Å²) in [4.78, 5) is 49.9. The average Bonchev–Trinajstić information content (AvgIpc) is 2.80. The molecule has 0 saturated carbocycles. The van der Waals surface area contributed by atoms with Crippen LogP contribution in [-0.4, -0.2) is 42.0 Å². The van der Waals surface area contributed by atoms with Crippen LogP contribution in [0.2, 0.25) is 0 Å². The molecule has 1 aromatic rings. The maximum Gasteiger partial charge on any atom is 0.320 e. The maximum atomic E-state index is 13.5. The number of Topliss-reactive ketones (excluding diaryl/α,β-unsaturated/α-hetero) is 1. The van der Waals surface area contributed by atoms with Gasteiger partial charge >= 0.3 is 17.9 Å². The van der Waals surface area contributed by atoms with E-state index < -0.39 is 17.0 Å². The third-order valence-corrected chi connectivity index (χ3v) is 6.57. The molecule has 0 spiro atoms. The van der Waals surface area contributed by atoms with E-state index in [1.807, 2.05) is 24.3 Å². The van der Waals surface area contributed by atoms with Gasteiger partial charge in [0.1, 0.15) is 22.9 Å². The van der Waals surface area contributed by atoms with Crippen LogP contribution in [-0.2, 0) is 46.2 Å². The first kappa shape index (κ1) is 33.3. The van der Waals surface area contributed by atoms with Crippen molar-refractivity contribution in [2.45, 2.75) is 124 Å². The summed E-state index contributed by atoms with van der Waals surface area (Å²) in [7, 11) is 0. The lowest BCUT2D eigenvalue weighted by molar-refractivity contribution is -0.171. The minimum Gasteiger partial charge on any atom is -0.466 e. The number of carbonyl (C=O) groups is 4. The number of benzene rings is 1. The lowest BCUT2D eigenvalue weighted by Gasteiger charge is -2.33. The van der Waals surface area contributed by atoms with Crippen LogP contribution in [0.4, 0.5) is 0 Å². The highest BCUT2D eigenvalue weighted by molar-refractivity contribution is 6.02. The van der Waals surface area contributed by atoms with Crippen molar-refractivity contribution in [2.24, 2.45) is 5.41 Å². The largest absolute Gasteiger partial charge is 0.466 e. The van der Waals surface area contributed by atoms with Gasteiger partial charge in [-0.05, 0) is 90.7 Å². The molecule has 214 valence electrons. The molecule has 38 heavy (non-hydrogen) atoms. The summed E-state index contributed by atoms with van der Waals surface area (Å²) >= 11 is 0. The van der Waals surface area contributed by atoms with Crippen molar-refractivity contribution in [3.05, 3.63) is 35.4 Å². The normalized spacial score (nSPS) is 13.8. The molecule has 7 heteroatoms. The van der Waals surface area contributed by atoms with E-state index in [1.165, 1.54) is 13.8 Å². The van der Waals surface area contributed by atoms with E-state index in [0.717, 1.165) is 36.8 Å². The smallest absolute Gasteiger partial charge is 0.320 e. The van der Waals surface area contributed by atoms with Crippen LogP contribution in [0.25, 0.3) is 0 Å². The van der Waals surface area contributed by atoms with Crippen molar-refractivity contribution < 1.29 is 33.4 Å². The fourth-order valence-corrected chi connectivity index (χ4v) is 4.51. The average molecular weight is 533 g/mol. The maximum absolute atomic E-state index is 13.5. The first-order chi connectivity index (χ1) is 17.8. The van der Waals surface area contributed by atoms with Gasteiger partial charge in [-0.1, -0.05) is 44.0 Å². The Morgan fingerprint density at radius 2 is 1.45 bits per heavy atom. The van der Waals surface area contributed by atoms with E-state index in [2.05, 4.69) is 6.92 Å². The molecule has 1 rings (SSSR count).